The molecule has 13 heteroatoms. The Balaban J connectivity index is 1.12. The lowest BCUT2D eigenvalue weighted by molar-refractivity contribution is -0.151. The topological polar surface area (TPSA) is 149 Å². The number of benzene rings is 1. The van der Waals surface area contributed by atoms with Crippen LogP contribution in [0.3, 0.4) is 0 Å². The quantitative estimate of drug-likeness (QED) is 0.239. The number of aromatic nitrogens is 1. The lowest BCUT2D eigenvalue weighted by Crippen LogP contribution is -2.48. The number of ether oxygens (including phenoxy) is 2. The number of rotatable bonds is 7. The van der Waals surface area contributed by atoms with E-state index in [1.807, 2.05) is 31.2 Å². The van der Waals surface area contributed by atoms with Crippen LogP contribution in [-0.4, -0.2) is 71.4 Å². The van der Waals surface area contributed by atoms with Crippen LogP contribution in [0.15, 0.2) is 30.4 Å². The molecule has 3 saturated carbocycles. The number of amides is 2. The monoisotopic (exact) mass is 793 g/mol. The van der Waals surface area contributed by atoms with Gasteiger partial charge >= 0.3 is 5.97 Å². The molecular formula is C42H52ClN3O8S. The number of carbonyl (C=O) groups is 4. The molecule has 1 N–H and O–H groups in total. The number of Topliss-reactive ketones (excluding diaryl/α,β-unsaturated/α-hetero) is 1. The summed E-state index contributed by atoms with van der Waals surface area (Å²) < 4.78 is 40.5. The smallest absolute Gasteiger partial charge is 0.306 e. The van der Waals surface area contributed by atoms with E-state index in [-0.39, 0.29) is 48.8 Å². The molecule has 2 amide bonds. The molecule has 3 aliphatic carbocycles. The molecule has 0 bridgehead atoms. The summed E-state index contributed by atoms with van der Waals surface area (Å²) in [6.07, 6.45) is 12.0. The normalized spacial score (nSPS) is 31.6. The lowest BCUT2D eigenvalue weighted by Gasteiger charge is -2.36. The number of fused-ring (bicyclic) bond motifs is 5. The number of carbonyl (C=O) groups excluding carboxylic acids is 4. The minimum absolute atomic E-state index is 0.00464. The third-order valence-electron chi connectivity index (χ3n) is 13.5. The maximum Gasteiger partial charge on any atom is 0.306 e. The van der Waals surface area contributed by atoms with E-state index >= 15 is 0 Å². The van der Waals surface area contributed by atoms with Crippen LogP contribution >= 0.6 is 11.6 Å². The Hall–Kier alpha value is -3.51. The Morgan fingerprint density at radius 1 is 1.07 bits per heavy atom. The largest absolute Gasteiger partial charge is 0.483 e. The Labute approximate surface area is 328 Å². The summed E-state index contributed by atoms with van der Waals surface area (Å²) in [5.74, 6) is -2.03. The second-order valence-corrected chi connectivity index (χ2v) is 20.7. The number of nitrogens with one attached hydrogen (secondary N) is 1. The molecule has 1 aromatic carbocycles. The van der Waals surface area contributed by atoms with E-state index < -0.39 is 49.6 Å². The van der Waals surface area contributed by atoms with Gasteiger partial charge in [-0.2, -0.15) is 0 Å². The summed E-state index contributed by atoms with van der Waals surface area (Å²) in [6, 6.07) is 4.65. The van der Waals surface area contributed by atoms with Crippen LogP contribution in [0.25, 0.3) is 10.9 Å². The van der Waals surface area contributed by atoms with Gasteiger partial charge in [0.25, 0.3) is 0 Å². The van der Waals surface area contributed by atoms with Gasteiger partial charge in [-0.15, -0.1) is 0 Å². The highest BCUT2D eigenvalue weighted by Crippen LogP contribution is 2.58. The summed E-state index contributed by atoms with van der Waals surface area (Å²) in [6.45, 7) is 6.06. The van der Waals surface area contributed by atoms with Crippen LogP contribution < -0.4 is 9.46 Å². The molecule has 4 fully saturated rings. The summed E-state index contributed by atoms with van der Waals surface area (Å²) in [5.41, 5.74) is 0.342. The third-order valence-corrected chi connectivity index (χ3v) is 15.9. The van der Waals surface area contributed by atoms with Gasteiger partial charge in [0.05, 0.1) is 47.0 Å². The molecular weight excluding hydrogens is 742 g/mol. The zero-order valence-electron chi connectivity index (χ0n) is 32.1. The molecule has 1 aromatic heterocycles. The number of aryl methyl sites for hydroxylation is 2. The van der Waals surface area contributed by atoms with Crippen molar-refractivity contribution in [2.45, 2.75) is 133 Å². The van der Waals surface area contributed by atoms with Gasteiger partial charge in [0.15, 0.2) is 5.78 Å². The van der Waals surface area contributed by atoms with Crippen molar-refractivity contribution >= 4 is 56.1 Å². The SMILES string of the molecule is Cc1nc2ccc(Cl)cc2c2c1O[C@]1(CC2)C[C@H]2C(=O)C[C@]3(C(=O)NS(=O)(=O)C4(C)CC4)C[C@H]3/C=C\CCCCC[C@H](CC(=O)OCC3(C)CC3)C(=O)N2C1. The first kappa shape index (κ1) is 38.4. The first-order chi connectivity index (χ1) is 26.0. The third kappa shape index (κ3) is 7.42. The number of halogens is 1. The van der Waals surface area contributed by atoms with Crippen molar-refractivity contribution in [3.05, 3.63) is 46.6 Å². The van der Waals surface area contributed by atoms with E-state index in [9.17, 15) is 27.6 Å². The van der Waals surface area contributed by atoms with E-state index in [1.54, 1.807) is 17.9 Å². The lowest BCUT2D eigenvalue weighted by atomic mass is 9.85. The van der Waals surface area contributed by atoms with Crippen LogP contribution in [0.4, 0.5) is 0 Å². The van der Waals surface area contributed by atoms with Crippen molar-refractivity contribution in [3.8, 4) is 5.75 Å². The van der Waals surface area contributed by atoms with E-state index in [1.165, 1.54) is 0 Å². The van der Waals surface area contributed by atoms with Gasteiger partial charge in [-0.1, -0.05) is 43.5 Å². The molecule has 1 saturated heterocycles. The van der Waals surface area contributed by atoms with E-state index in [0.717, 1.165) is 55.0 Å². The highest BCUT2D eigenvalue weighted by Gasteiger charge is 2.63. The van der Waals surface area contributed by atoms with Crippen LogP contribution in [0.1, 0.15) is 115 Å². The minimum atomic E-state index is -3.94. The maximum absolute atomic E-state index is 14.8. The zero-order valence-corrected chi connectivity index (χ0v) is 33.7. The maximum atomic E-state index is 14.8. The fourth-order valence-electron chi connectivity index (χ4n) is 9.01. The van der Waals surface area contributed by atoms with Crippen LogP contribution in [-0.2, 0) is 40.4 Å². The number of hydrogen-bond donors (Lipinski definition) is 1. The van der Waals surface area contributed by atoms with Crippen LogP contribution in [0, 0.1) is 29.6 Å². The molecule has 5 atom stereocenters. The molecule has 6 aliphatic rings. The standard InChI is InChI=1S/C42H52ClN3O8S/c1-26-36-30(31-20-29(43)11-12-32(31)44-26)13-14-41(54-36)22-33-34(47)23-42(38(50)45-55(51,52)40(3)17-18-40)21-28(42)10-8-6-4-5-7-9-27(37(49)46(33)24-41)19-35(48)53-25-39(2)15-16-39/h8,10-12,20,27-28,33H,4-7,9,13-19,21-25H2,1-3H3,(H,45,50)/b10-8-/t27-,28-,33+,41-,42-/m1/s1. The second kappa shape index (κ2) is 13.9. The van der Waals surface area contributed by atoms with E-state index in [4.69, 9.17) is 26.1 Å². The van der Waals surface area contributed by atoms with Gasteiger partial charge < -0.3 is 14.4 Å². The van der Waals surface area contributed by atoms with Crippen molar-refractivity contribution in [2.24, 2.45) is 22.7 Å². The van der Waals surface area contributed by atoms with Gasteiger partial charge in [-0.05, 0) is 102 Å². The van der Waals surface area contributed by atoms with Crippen molar-refractivity contribution in [1.29, 1.82) is 0 Å². The molecule has 11 nitrogen and oxygen atoms in total. The zero-order chi connectivity index (χ0) is 39.0. The van der Waals surface area contributed by atoms with E-state index in [2.05, 4.69) is 11.6 Å². The van der Waals surface area contributed by atoms with Crippen molar-refractivity contribution in [3.63, 3.8) is 0 Å². The van der Waals surface area contributed by atoms with E-state index in [0.29, 0.717) is 61.6 Å². The number of ketones is 1. The van der Waals surface area contributed by atoms with Gasteiger partial charge in [0, 0.05) is 40.1 Å². The second-order valence-electron chi connectivity index (χ2n) is 18.1. The molecule has 0 radical (unpaired) electrons. The molecule has 8 rings (SSSR count). The van der Waals surface area contributed by atoms with Gasteiger partial charge in [-0.3, -0.25) is 23.9 Å². The summed E-state index contributed by atoms with van der Waals surface area (Å²) in [5, 5.41) is 1.49. The number of allylic oxidation sites excluding steroid dienone is 2. The first-order valence-electron chi connectivity index (χ1n) is 20.1. The minimum Gasteiger partial charge on any atom is -0.483 e. The molecule has 4 heterocycles. The van der Waals surface area contributed by atoms with Gasteiger partial charge in [0.2, 0.25) is 21.8 Å². The van der Waals surface area contributed by atoms with Gasteiger partial charge in [0.1, 0.15) is 11.4 Å². The molecule has 0 unspecified atom stereocenters. The first-order valence-corrected chi connectivity index (χ1v) is 21.9. The Bertz CT molecular complexity index is 2090. The fraction of sp³-hybridized carbons (Fsp3) is 0.643. The van der Waals surface area contributed by atoms with Crippen molar-refractivity contribution in [1.82, 2.24) is 14.6 Å². The number of sulfonamides is 1. The van der Waals surface area contributed by atoms with Crippen LogP contribution in [0.5, 0.6) is 5.75 Å². The number of pyridine rings is 1. The summed E-state index contributed by atoms with van der Waals surface area (Å²) in [7, 11) is -3.94. The Kier molecular flexibility index (Phi) is 9.66. The Morgan fingerprint density at radius 2 is 1.85 bits per heavy atom. The average Bonchev–Trinajstić information content (AvgIpc) is 4.10. The van der Waals surface area contributed by atoms with Crippen molar-refractivity contribution in [2.75, 3.05) is 13.2 Å². The van der Waals surface area contributed by atoms with Crippen LogP contribution in [0.2, 0.25) is 5.02 Å². The molecule has 2 aromatic rings. The summed E-state index contributed by atoms with van der Waals surface area (Å²) >= 11 is 6.40. The molecule has 296 valence electrons. The molecule has 1 spiro atoms. The Morgan fingerprint density at radius 3 is 2.60 bits per heavy atom. The predicted octanol–water partition coefficient (Wildman–Crippen LogP) is 6.70. The van der Waals surface area contributed by atoms with Crippen molar-refractivity contribution < 1.29 is 37.1 Å². The number of esters is 1. The number of hydrogen-bond acceptors (Lipinski definition) is 9. The highest BCUT2D eigenvalue weighted by atomic mass is 35.5. The highest BCUT2D eigenvalue weighted by molar-refractivity contribution is 7.91. The summed E-state index contributed by atoms with van der Waals surface area (Å²) in [4.78, 5) is 63.3. The average molecular weight is 794 g/mol. The fourth-order valence-corrected chi connectivity index (χ4v) is 10.5. The number of nitrogens with zero attached hydrogens (tertiary/aromatic N) is 2. The molecule has 3 aliphatic heterocycles. The predicted molar refractivity (Wildman–Crippen MR) is 207 cm³/mol. The van der Waals surface area contributed by atoms with Gasteiger partial charge in [-0.25, -0.2) is 13.4 Å². The molecule has 55 heavy (non-hydrogen) atoms.